The molecule has 0 aliphatic rings. The van der Waals surface area contributed by atoms with Gasteiger partial charge in [0.25, 0.3) is 0 Å². The minimum atomic E-state index is -0.296. The summed E-state index contributed by atoms with van der Waals surface area (Å²) >= 11 is 0. The Hall–Kier alpha value is -2.95. The van der Waals surface area contributed by atoms with Gasteiger partial charge in [0, 0.05) is 12.1 Å². The molecule has 0 spiro atoms. The number of imidazole rings is 1. The number of benzene rings is 2. The lowest BCUT2D eigenvalue weighted by Crippen LogP contribution is -2.00. The first-order valence-electron chi connectivity index (χ1n) is 9.49. The summed E-state index contributed by atoms with van der Waals surface area (Å²) in [5, 5.41) is 3.93. The van der Waals surface area contributed by atoms with Crippen LogP contribution < -0.4 is 0 Å². The van der Waals surface area contributed by atoms with Crippen LogP contribution in [0.2, 0.25) is 0 Å². The zero-order valence-corrected chi connectivity index (χ0v) is 17.0. The number of halogens is 1. The molecule has 0 saturated heterocycles. The molecule has 0 amide bonds. The average molecular weight is 379 g/mol. The molecule has 0 bridgehead atoms. The van der Waals surface area contributed by atoms with Crippen LogP contribution in [0.5, 0.6) is 0 Å². The molecule has 2 aromatic carbocycles. The summed E-state index contributed by atoms with van der Waals surface area (Å²) in [6.45, 7) is 10.7. The van der Waals surface area contributed by atoms with Gasteiger partial charge in [0.2, 0.25) is 0 Å². The summed E-state index contributed by atoms with van der Waals surface area (Å²) in [5.41, 5.74) is 4.12. The van der Waals surface area contributed by atoms with Gasteiger partial charge < -0.3 is 9.09 Å². The first-order valence-corrected chi connectivity index (χ1v) is 9.49. The van der Waals surface area contributed by atoms with Crippen molar-refractivity contribution in [3.8, 4) is 11.1 Å². The van der Waals surface area contributed by atoms with Gasteiger partial charge in [-0.3, -0.25) is 0 Å². The predicted octanol–water partition coefficient (Wildman–Crippen LogP) is 6.16. The molecule has 0 fully saturated rings. The third kappa shape index (κ3) is 4.14. The molecule has 0 aliphatic heterocycles. The second-order valence-corrected chi connectivity index (χ2v) is 7.58. The molecule has 0 atom stereocenters. The van der Waals surface area contributed by atoms with Crippen LogP contribution in [0.15, 0.2) is 53.3 Å². The predicted molar refractivity (Wildman–Crippen MR) is 111 cm³/mol. The van der Waals surface area contributed by atoms with Crippen LogP contribution in [0, 0.1) is 25.6 Å². The van der Waals surface area contributed by atoms with Crippen LogP contribution in [-0.4, -0.2) is 14.7 Å². The van der Waals surface area contributed by atoms with Gasteiger partial charge in [-0.15, -0.1) is 0 Å². The van der Waals surface area contributed by atoms with Crippen molar-refractivity contribution in [2.75, 3.05) is 0 Å². The normalized spacial score (nSPS) is 11.0. The van der Waals surface area contributed by atoms with Crippen LogP contribution in [0.3, 0.4) is 0 Å². The SMILES string of the molecule is CC(C)C.Cc1noc(C)c1-c1ccc2ncn(Cc3ccccc3)c2c1F. The van der Waals surface area contributed by atoms with Crippen molar-refractivity contribution in [2.45, 2.75) is 41.2 Å². The molecular formula is C23H26FN3O. The minimum Gasteiger partial charge on any atom is -0.361 e. The van der Waals surface area contributed by atoms with Crippen molar-refractivity contribution in [1.82, 2.24) is 14.7 Å². The number of aryl methyl sites for hydroxylation is 2. The second-order valence-electron chi connectivity index (χ2n) is 7.58. The Morgan fingerprint density at radius 3 is 2.32 bits per heavy atom. The Morgan fingerprint density at radius 2 is 1.71 bits per heavy atom. The maximum atomic E-state index is 15.3. The molecular weight excluding hydrogens is 353 g/mol. The number of nitrogens with zero attached hydrogens (tertiary/aromatic N) is 3. The second kappa shape index (κ2) is 8.38. The topological polar surface area (TPSA) is 43.9 Å². The lowest BCUT2D eigenvalue weighted by atomic mass is 10.0. The van der Waals surface area contributed by atoms with Gasteiger partial charge in [0.15, 0.2) is 5.82 Å². The van der Waals surface area contributed by atoms with Crippen LogP contribution in [0.1, 0.15) is 37.8 Å². The lowest BCUT2D eigenvalue weighted by Gasteiger charge is -2.08. The molecule has 28 heavy (non-hydrogen) atoms. The highest BCUT2D eigenvalue weighted by molar-refractivity contribution is 5.84. The Morgan fingerprint density at radius 1 is 1.04 bits per heavy atom. The fourth-order valence-corrected chi connectivity index (χ4v) is 3.08. The Labute approximate surface area is 165 Å². The molecule has 2 aromatic heterocycles. The van der Waals surface area contributed by atoms with Crippen molar-refractivity contribution in [1.29, 1.82) is 0 Å². The summed E-state index contributed by atoms with van der Waals surface area (Å²) in [4.78, 5) is 4.33. The van der Waals surface area contributed by atoms with Gasteiger partial charge in [-0.1, -0.05) is 56.3 Å². The van der Waals surface area contributed by atoms with Crippen LogP contribution in [-0.2, 0) is 6.54 Å². The van der Waals surface area contributed by atoms with Crippen LogP contribution in [0.4, 0.5) is 4.39 Å². The van der Waals surface area contributed by atoms with E-state index in [-0.39, 0.29) is 5.82 Å². The molecule has 4 rings (SSSR count). The fourth-order valence-electron chi connectivity index (χ4n) is 3.08. The molecule has 2 heterocycles. The monoisotopic (exact) mass is 379 g/mol. The molecule has 4 nitrogen and oxygen atoms in total. The number of fused-ring (bicyclic) bond motifs is 1. The highest BCUT2D eigenvalue weighted by Crippen LogP contribution is 2.33. The third-order valence-corrected chi connectivity index (χ3v) is 4.22. The molecule has 4 aromatic rings. The molecule has 0 radical (unpaired) electrons. The zero-order valence-electron chi connectivity index (χ0n) is 17.0. The maximum absolute atomic E-state index is 15.3. The van der Waals surface area contributed by atoms with E-state index in [2.05, 4.69) is 30.9 Å². The quantitative estimate of drug-likeness (QED) is 0.428. The van der Waals surface area contributed by atoms with Gasteiger partial charge >= 0.3 is 0 Å². The van der Waals surface area contributed by atoms with E-state index in [1.165, 1.54) is 0 Å². The summed E-state index contributed by atoms with van der Waals surface area (Å²) in [6, 6.07) is 13.5. The van der Waals surface area contributed by atoms with E-state index in [1.54, 1.807) is 19.3 Å². The van der Waals surface area contributed by atoms with E-state index in [9.17, 15) is 0 Å². The molecule has 0 aliphatic carbocycles. The Balaban J connectivity index is 0.000000516. The van der Waals surface area contributed by atoms with Crippen molar-refractivity contribution >= 4 is 11.0 Å². The van der Waals surface area contributed by atoms with Crippen LogP contribution in [0.25, 0.3) is 22.2 Å². The maximum Gasteiger partial charge on any atom is 0.157 e. The van der Waals surface area contributed by atoms with Gasteiger partial charge in [-0.05, 0) is 37.5 Å². The summed E-state index contributed by atoms with van der Waals surface area (Å²) in [6.07, 6.45) is 1.68. The molecule has 146 valence electrons. The van der Waals surface area contributed by atoms with Crippen molar-refractivity contribution in [3.05, 3.63) is 71.6 Å². The van der Waals surface area contributed by atoms with E-state index >= 15 is 4.39 Å². The largest absolute Gasteiger partial charge is 0.361 e. The van der Waals surface area contributed by atoms with Gasteiger partial charge in [-0.25, -0.2) is 9.37 Å². The van der Waals surface area contributed by atoms with Crippen molar-refractivity contribution in [3.63, 3.8) is 0 Å². The molecule has 5 heteroatoms. The van der Waals surface area contributed by atoms with E-state index in [1.807, 2.05) is 47.9 Å². The van der Waals surface area contributed by atoms with Gasteiger partial charge in [0.1, 0.15) is 11.3 Å². The van der Waals surface area contributed by atoms with E-state index < -0.39 is 0 Å². The standard InChI is InChI=1S/C19H16FN3O.C4H10/c1-12-17(13(2)24-22-12)15-8-9-16-19(18(15)20)23(11-21-16)10-14-6-4-3-5-7-14;1-4(2)3/h3-9,11H,10H2,1-2H3;4H,1-3H3. The van der Waals surface area contributed by atoms with E-state index in [4.69, 9.17) is 4.52 Å². The third-order valence-electron chi connectivity index (χ3n) is 4.22. The van der Waals surface area contributed by atoms with Crippen LogP contribution >= 0.6 is 0 Å². The summed E-state index contributed by atoms with van der Waals surface area (Å²) < 4.78 is 22.3. The summed E-state index contributed by atoms with van der Waals surface area (Å²) in [5.74, 6) is 1.15. The minimum absolute atomic E-state index is 0.296. The molecule has 0 saturated carbocycles. The zero-order chi connectivity index (χ0) is 20.3. The van der Waals surface area contributed by atoms with Gasteiger partial charge in [0.05, 0.1) is 23.1 Å². The first kappa shape index (κ1) is 19.8. The van der Waals surface area contributed by atoms with E-state index in [0.29, 0.717) is 40.2 Å². The number of hydrogen-bond acceptors (Lipinski definition) is 3. The Bertz CT molecular complexity index is 1040. The van der Waals surface area contributed by atoms with Crippen molar-refractivity contribution < 1.29 is 8.91 Å². The molecule has 0 unspecified atom stereocenters. The highest BCUT2D eigenvalue weighted by atomic mass is 19.1. The molecule has 0 N–H and O–H groups in total. The summed E-state index contributed by atoms with van der Waals surface area (Å²) in [7, 11) is 0. The van der Waals surface area contributed by atoms with Crippen molar-refractivity contribution in [2.24, 2.45) is 5.92 Å². The average Bonchev–Trinajstić information content (AvgIpc) is 3.20. The number of rotatable bonds is 3. The Kier molecular flexibility index (Phi) is 5.93. The number of hydrogen-bond donors (Lipinski definition) is 0. The smallest absolute Gasteiger partial charge is 0.157 e. The van der Waals surface area contributed by atoms with Gasteiger partial charge in [-0.2, -0.15) is 0 Å². The first-order chi connectivity index (χ1) is 13.4. The lowest BCUT2D eigenvalue weighted by molar-refractivity contribution is 0.393. The highest BCUT2D eigenvalue weighted by Gasteiger charge is 2.19. The number of aromatic nitrogens is 3. The van der Waals surface area contributed by atoms with E-state index in [0.717, 1.165) is 11.5 Å². The fraction of sp³-hybridized carbons (Fsp3) is 0.304.